The molecule has 4 heteroatoms. The van der Waals surface area contributed by atoms with E-state index in [1.807, 2.05) is 6.26 Å². The molecule has 1 aromatic heterocycles. The molecule has 0 spiro atoms. The smallest absolute Gasteiger partial charge is 0.215 e. The highest BCUT2D eigenvalue weighted by Crippen LogP contribution is 2.64. The minimum absolute atomic E-state index is 0.118. The molecule has 1 unspecified atom stereocenters. The molecule has 16 heavy (non-hydrogen) atoms. The van der Waals surface area contributed by atoms with Gasteiger partial charge in [0.15, 0.2) is 5.16 Å². The molecule has 0 bridgehead atoms. The minimum Gasteiger partial charge on any atom is -0.493 e. The normalized spacial score (nSPS) is 36.1. The summed E-state index contributed by atoms with van der Waals surface area (Å²) in [7, 11) is 0. The second kappa shape index (κ2) is 3.62. The minimum atomic E-state index is 0.118. The van der Waals surface area contributed by atoms with Crippen LogP contribution in [0.4, 0.5) is 0 Å². The van der Waals surface area contributed by atoms with E-state index >= 15 is 0 Å². The summed E-state index contributed by atoms with van der Waals surface area (Å²) in [6, 6.07) is 1.74. The molecule has 2 fully saturated rings. The first-order valence-corrected chi connectivity index (χ1v) is 7.03. The van der Waals surface area contributed by atoms with Gasteiger partial charge in [0.25, 0.3) is 0 Å². The van der Waals surface area contributed by atoms with E-state index in [0.717, 1.165) is 23.4 Å². The second-order valence-electron chi connectivity index (χ2n) is 5.07. The standard InChI is InChI=1S/C12H16N2OS/c1-6-3-7-8(4-6)11(7)9-5-10(15)14-12(13-9)16-2/h5-8,11H,3-4H2,1-2H3,(H,13,14,15)/t6?,7-,8+,11+. The van der Waals surface area contributed by atoms with Crippen LogP contribution in [0.15, 0.2) is 11.2 Å². The zero-order valence-corrected chi connectivity index (χ0v) is 10.4. The summed E-state index contributed by atoms with van der Waals surface area (Å²) in [5.41, 5.74) is 1.05. The van der Waals surface area contributed by atoms with Gasteiger partial charge in [-0.1, -0.05) is 18.7 Å². The summed E-state index contributed by atoms with van der Waals surface area (Å²) >= 11 is 1.49. The monoisotopic (exact) mass is 236 g/mol. The highest BCUT2D eigenvalue weighted by atomic mass is 32.2. The van der Waals surface area contributed by atoms with Gasteiger partial charge in [0, 0.05) is 12.0 Å². The van der Waals surface area contributed by atoms with Gasteiger partial charge in [0.05, 0.1) is 5.69 Å². The maximum Gasteiger partial charge on any atom is 0.215 e. The van der Waals surface area contributed by atoms with E-state index in [4.69, 9.17) is 0 Å². The lowest BCUT2D eigenvalue weighted by Gasteiger charge is -2.08. The summed E-state index contributed by atoms with van der Waals surface area (Å²) in [6.45, 7) is 2.33. The van der Waals surface area contributed by atoms with E-state index < -0.39 is 0 Å². The number of hydrogen-bond donors (Lipinski definition) is 1. The van der Waals surface area contributed by atoms with Crippen molar-refractivity contribution in [2.24, 2.45) is 17.8 Å². The first-order valence-electron chi connectivity index (χ1n) is 5.81. The number of nitrogens with zero attached hydrogens (tertiary/aromatic N) is 2. The van der Waals surface area contributed by atoms with Crippen molar-refractivity contribution in [3.8, 4) is 5.88 Å². The van der Waals surface area contributed by atoms with Gasteiger partial charge in [0.1, 0.15) is 0 Å². The van der Waals surface area contributed by atoms with E-state index in [-0.39, 0.29) is 5.88 Å². The van der Waals surface area contributed by atoms with E-state index in [0.29, 0.717) is 11.1 Å². The Morgan fingerprint density at radius 3 is 2.62 bits per heavy atom. The Morgan fingerprint density at radius 2 is 2.00 bits per heavy atom. The average molecular weight is 236 g/mol. The molecule has 0 saturated heterocycles. The summed E-state index contributed by atoms with van der Waals surface area (Å²) < 4.78 is 0. The van der Waals surface area contributed by atoms with Gasteiger partial charge in [-0.2, -0.15) is 4.98 Å². The first kappa shape index (κ1) is 10.4. The van der Waals surface area contributed by atoms with Gasteiger partial charge >= 0.3 is 0 Å². The maximum absolute atomic E-state index is 9.55. The zero-order chi connectivity index (χ0) is 11.3. The number of thioether (sulfide) groups is 1. The van der Waals surface area contributed by atoms with Gasteiger partial charge < -0.3 is 5.11 Å². The highest BCUT2D eigenvalue weighted by molar-refractivity contribution is 7.98. The highest BCUT2D eigenvalue weighted by Gasteiger charge is 2.56. The Labute approximate surface area is 99.7 Å². The van der Waals surface area contributed by atoms with Gasteiger partial charge in [-0.15, -0.1) is 0 Å². The zero-order valence-electron chi connectivity index (χ0n) is 9.55. The molecule has 1 N–H and O–H groups in total. The van der Waals surface area contributed by atoms with Gasteiger partial charge in [-0.05, 0) is 36.9 Å². The molecule has 2 aliphatic rings. The first-order chi connectivity index (χ1) is 7.69. The number of aromatic hydroxyl groups is 1. The van der Waals surface area contributed by atoms with Gasteiger partial charge in [-0.3, -0.25) is 0 Å². The van der Waals surface area contributed by atoms with Crippen LogP contribution in [0.1, 0.15) is 31.4 Å². The van der Waals surface area contributed by atoms with Crippen LogP contribution in [0, 0.1) is 17.8 Å². The van der Waals surface area contributed by atoms with Crippen LogP contribution in [0.3, 0.4) is 0 Å². The van der Waals surface area contributed by atoms with Crippen molar-refractivity contribution in [3.05, 3.63) is 11.8 Å². The lowest BCUT2D eigenvalue weighted by Crippen LogP contribution is -1.99. The maximum atomic E-state index is 9.55. The molecular formula is C12H16N2OS. The predicted molar refractivity (Wildman–Crippen MR) is 63.6 cm³/mol. The molecule has 0 radical (unpaired) electrons. The van der Waals surface area contributed by atoms with Crippen LogP contribution in [-0.2, 0) is 0 Å². The largest absolute Gasteiger partial charge is 0.493 e. The number of hydrogen-bond acceptors (Lipinski definition) is 4. The lowest BCUT2D eigenvalue weighted by atomic mass is 10.0. The third kappa shape index (κ3) is 1.59. The number of rotatable bonds is 2. The van der Waals surface area contributed by atoms with Crippen LogP contribution in [0.2, 0.25) is 0 Å². The van der Waals surface area contributed by atoms with Crippen LogP contribution in [0.5, 0.6) is 5.88 Å². The lowest BCUT2D eigenvalue weighted by molar-refractivity contribution is 0.441. The number of aromatic nitrogens is 2. The van der Waals surface area contributed by atoms with E-state index in [1.54, 1.807) is 6.07 Å². The third-order valence-corrected chi connectivity index (χ3v) is 4.46. The Balaban J connectivity index is 1.84. The van der Waals surface area contributed by atoms with E-state index in [9.17, 15) is 5.11 Å². The van der Waals surface area contributed by atoms with E-state index in [1.165, 1.54) is 24.6 Å². The van der Waals surface area contributed by atoms with Crippen LogP contribution in [0.25, 0.3) is 0 Å². The van der Waals surface area contributed by atoms with Crippen molar-refractivity contribution in [1.29, 1.82) is 0 Å². The fourth-order valence-electron chi connectivity index (χ4n) is 3.24. The van der Waals surface area contributed by atoms with Crippen LogP contribution in [-0.4, -0.2) is 21.3 Å². The molecule has 0 aromatic carbocycles. The molecular weight excluding hydrogens is 220 g/mol. The molecule has 4 atom stereocenters. The van der Waals surface area contributed by atoms with Crippen molar-refractivity contribution in [1.82, 2.24) is 9.97 Å². The summed E-state index contributed by atoms with van der Waals surface area (Å²) in [5, 5.41) is 10.2. The Morgan fingerprint density at radius 1 is 1.31 bits per heavy atom. The Hall–Kier alpha value is -0.770. The summed E-state index contributed by atoms with van der Waals surface area (Å²) in [5.74, 6) is 3.23. The molecule has 2 saturated carbocycles. The van der Waals surface area contributed by atoms with Crippen molar-refractivity contribution >= 4 is 11.8 Å². The van der Waals surface area contributed by atoms with Crippen molar-refractivity contribution in [3.63, 3.8) is 0 Å². The van der Waals surface area contributed by atoms with Crippen molar-refractivity contribution < 1.29 is 5.11 Å². The predicted octanol–water partition coefficient (Wildman–Crippen LogP) is 2.66. The third-order valence-electron chi connectivity index (χ3n) is 3.92. The van der Waals surface area contributed by atoms with Crippen molar-refractivity contribution in [2.75, 3.05) is 6.26 Å². The fraction of sp³-hybridized carbons (Fsp3) is 0.667. The molecule has 0 amide bonds. The van der Waals surface area contributed by atoms with Gasteiger partial charge in [0.2, 0.25) is 5.88 Å². The Kier molecular flexibility index (Phi) is 2.35. The average Bonchev–Trinajstić information content (AvgIpc) is 2.76. The van der Waals surface area contributed by atoms with Crippen molar-refractivity contribution in [2.45, 2.75) is 30.8 Å². The quantitative estimate of drug-likeness (QED) is 0.633. The molecule has 0 aliphatic heterocycles. The second-order valence-corrected chi connectivity index (χ2v) is 5.84. The van der Waals surface area contributed by atoms with Gasteiger partial charge in [-0.25, -0.2) is 4.98 Å². The Bertz CT molecular complexity index is 411. The number of fused-ring (bicyclic) bond motifs is 1. The molecule has 2 aliphatic carbocycles. The van der Waals surface area contributed by atoms with E-state index in [2.05, 4.69) is 16.9 Å². The summed E-state index contributed by atoms with van der Waals surface area (Å²) in [4.78, 5) is 8.49. The topological polar surface area (TPSA) is 46.0 Å². The molecule has 3 nitrogen and oxygen atoms in total. The molecule has 86 valence electrons. The fourth-order valence-corrected chi connectivity index (χ4v) is 3.63. The van der Waals surface area contributed by atoms with Crippen LogP contribution < -0.4 is 0 Å². The molecule has 3 rings (SSSR count). The summed E-state index contributed by atoms with van der Waals surface area (Å²) in [6.07, 6.45) is 4.59. The van der Waals surface area contributed by atoms with Crippen LogP contribution >= 0.6 is 11.8 Å². The SMILES string of the molecule is CSc1nc(O)cc([C@H]2[C@@H]3CC(C)C[C@@H]32)n1. The molecule has 1 aromatic rings. The molecule has 1 heterocycles.